The van der Waals surface area contributed by atoms with Crippen LogP contribution in [0.2, 0.25) is 5.02 Å². The standard InChI is InChI=1S/C19H22ClN3O2/c1-13-4-8-16(9-5-13)21-18(24)12-23(3)14(2)19(25)22-17-10-6-15(20)7-11-17/h4-11,14H,12H2,1-3H3,(H,21,24)(H,22,25). The summed E-state index contributed by atoms with van der Waals surface area (Å²) < 4.78 is 0. The fraction of sp³-hybridized carbons (Fsp3) is 0.263. The van der Waals surface area contributed by atoms with Crippen molar-refractivity contribution in [2.45, 2.75) is 19.9 Å². The van der Waals surface area contributed by atoms with E-state index in [0.717, 1.165) is 11.3 Å². The number of likely N-dealkylation sites (N-methyl/N-ethyl adjacent to an activating group) is 1. The molecule has 6 heteroatoms. The highest BCUT2D eigenvalue weighted by atomic mass is 35.5. The van der Waals surface area contributed by atoms with Crippen LogP contribution < -0.4 is 10.6 Å². The van der Waals surface area contributed by atoms with E-state index in [1.165, 1.54) is 0 Å². The number of carbonyl (C=O) groups excluding carboxylic acids is 2. The molecule has 0 bridgehead atoms. The minimum absolute atomic E-state index is 0.114. The first-order valence-electron chi connectivity index (χ1n) is 7.98. The Morgan fingerprint density at radius 1 is 1.00 bits per heavy atom. The SMILES string of the molecule is Cc1ccc(NC(=O)CN(C)C(C)C(=O)Nc2ccc(Cl)cc2)cc1. The van der Waals surface area contributed by atoms with Gasteiger partial charge in [-0.05, 0) is 57.3 Å². The van der Waals surface area contributed by atoms with Gasteiger partial charge in [-0.3, -0.25) is 14.5 Å². The van der Waals surface area contributed by atoms with Crippen molar-refractivity contribution in [3.63, 3.8) is 0 Å². The van der Waals surface area contributed by atoms with Crippen LogP contribution in [0.15, 0.2) is 48.5 Å². The molecule has 2 amide bonds. The van der Waals surface area contributed by atoms with Crippen LogP contribution in [0.3, 0.4) is 0 Å². The normalized spacial score (nSPS) is 11.9. The van der Waals surface area contributed by atoms with E-state index in [-0.39, 0.29) is 18.4 Å². The van der Waals surface area contributed by atoms with Gasteiger partial charge in [0, 0.05) is 16.4 Å². The summed E-state index contributed by atoms with van der Waals surface area (Å²) in [4.78, 5) is 26.1. The number of nitrogens with one attached hydrogen (secondary N) is 2. The molecular weight excluding hydrogens is 338 g/mol. The average molecular weight is 360 g/mol. The molecular formula is C19H22ClN3O2. The number of halogens is 1. The molecule has 0 aliphatic rings. The molecule has 0 radical (unpaired) electrons. The number of rotatable bonds is 6. The number of hydrogen-bond donors (Lipinski definition) is 2. The summed E-state index contributed by atoms with van der Waals surface area (Å²) in [6.07, 6.45) is 0. The molecule has 5 nitrogen and oxygen atoms in total. The van der Waals surface area contributed by atoms with Gasteiger partial charge in [-0.25, -0.2) is 0 Å². The molecule has 1 unspecified atom stereocenters. The van der Waals surface area contributed by atoms with Crippen LogP contribution >= 0.6 is 11.6 Å². The van der Waals surface area contributed by atoms with Crippen LogP contribution in [0.5, 0.6) is 0 Å². The van der Waals surface area contributed by atoms with Crippen LogP contribution in [0.1, 0.15) is 12.5 Å². The lowest BCUT2D eigenvalue weighted by Gasteiger charge is -2.23. The van der Waals surface area contributed by atoms with E-state index in [4.69, 9.17) is 11.6 Å². The fourth-order valence-electron chi connectivity index (χ4n) is 2.18. The molecule has 2 rings (SSSR count). The van der Waals surface area contributed by atoms with E-state index in [1.54, 1.807) is 43.1 Å². The van der Waals surface area contributed by atoms with Gasteiger partial charge >= 0.3 is 0 Å². The highest BCUT2D eigenvalue weighted by Crippen LogP contribution is 2.14. The minimum Gasteiger partial charge on any atom is -0.325 e. The average Bonchev–Trinajstić information content (AvgIpc) is 2.58. The maximum atomic E-state index is 12.3. The predicted octanol–water partition coefficient (Wildman–Crippen LogP) is 3.55. The molecule has 0 spiro atoms. The Morgan fingerprint density at radius 3 is 2.12 bits per heavy atom. The molecule has 0 aromatic heterocycles. The van der Waals surface area contributed by atoms with Gasteiger partial charge < -0.3 is 10.6 Å². The summed E-state index contributed by atoms with van der Waals surface area (Å²) in [7, 11) is 1.74. The summed E-state index contributed by atoms with van der Waals surface area (Å²) in [6, 6.07) is 14.0. The van der Waals surface area contributed by atoms with Crippen LogP contribution in [0.25, 0.3) is 0 Å². The zero-order valence-electron chi connectivity index (χ0n) is 14.5. The van der Waals surface area contributed by atoms with Gasteiger partial charge in [-0.15, -0.1) is 0 Å². The van der Waals surface area contributed by atoms with Crippen molar-refractivity contribution >= 4 is 34.8 Å². The number of amides is 2. The largest absolute Gasteiger partial charge is 0.325 e. The van der Waals surface area contributed by atoms with Crippen molar-refractivity contribution < 1.29 is 9.59 Å². The lowest BCUT2D eigenvalue weighted by molar-refractivity contribution is -0.122. The summed E-state index contributed by atoms with van der Waals surface area (Å²) in [5.41, 5.74) is 2.53. The third-order valence-electron chi connectivity index (χ3n) is 3.88. The molecule has 0 aliphatic heterocycles. The third-order valence-corrected chi connectivity index (χ3v) is 4.13. The molecule has 0 aliphatic carbocycles. The maximum Gasteiger partial charge on any atom is 0.241 e. The van der Waals surface area contributed by atoms with Crippen molar-refractivity contribution in [1.29, 1.82) is 0 Å². The highest BCUT2D eigenvalue weighted by Gasteiger charge is 2.20. The topological polar surface area (TPSA) is 61.4 Å². The van der Waals surface area contributed by atoms with Crippen LogP contribution in [-0.4, -0.2) is 36.3 Å². The lowest BCUT2D eigenvalue weighted by atomic mass is 10.2. The molecule has 1 atom stereocenters. The molecule has 132 valence electrons. The van der Waals surface area contributed by atoms with E-state index < -0.39 is 6.04 Å². The Hall–Kier alpha value is -2.37. The number of benzene rings is 2. The summed E-state index contributed by atoms with van der Waals surface area (Å²) >= 11 is 5.83. The number of hydrogen-bond acceptors (Lipinski definition) is 3. The second kappa shape index (κ2) is 8.65. The quantitative estimate of drug-likeness (QED) is 0.829. The Bertz CT molecular complexity index is 729. The van der Waals surface area contributed by atoms with E-state index in [0.29, 0.717) is 10.7 Å². The maximum absolute atomic E-state index is 12.3. The molecule has 0 fully saturated rings. The van der Waals surface area contributed by atoms with Gasteiger partial charge in [0.25, 0.3) is 0 Å². The summed E-state index contributed by atoms with van der Waals surface area (Å²) in [6.45, 7) is 3.86. The number of aryl methyl sites for hydroxylation is 1. The van der Waals surface area contributed by atoms with Crippen molar-refractivity contribution in [3.8, 4) is 0 Å². The molecule has 25 heavy (non-hydrogen) atoms. The lowest BCUT2D eigenvalue weighted by Crippen LogP contribution is -2.43. The number of nitrogens with zero attached hydrogens (tertiary/aromatic N) is 1. The third kappa shape index (κ3) is 5.89. The summed E-state index contributed by atoms with van der Waals surface area (Å²) in [5.74, 6) is -0.356. The van der Waals surface area contributed by atoms with Crippen molar-refractivity contribution in [2.75, 3.05) is 24.2 Å². The second-order valence-electron chi connectivity index (χ2n) is 6.00. The van der Waals surface area contributed by atoms with Crippen LogP contribution in [0.4, 0.5) is 11.4 Å². The Labute approximate surface area is 153 Å². The molecule has 2 aromatic rings. The Morgan fingerprint density at radius 2 is 1.52 bits per heavy atom. The van der Waals surface area contributed by atoms with Gasteiger partial charge in [0.15, 0.2) is 0 Å². The first-order chi connectivity index (χ1) is 11.8. The van der Waals surface area contributed by atoms with E-state index in [2.05, 4.69) is 10.6 Å². The zero-order valence-corrected chi connectivity index (χ0v) is 15.3. The second-order valence-corrected chi connectivity index (χ2v) is 6.44. The van der Waals surface area contributed by atoms with Gasteiger partial charge in [-0.1, -0.05) is 29.3 Å². The molecule has 0 saturated heterocycles. The first-order valence-corrected chi connectivity index (χ1v) is 8.36. The van der Waals surface area contributed by atoms with Crippen LogP contribution in [0, 0.1) is 6.92 Å². The van der Waals surface area contributed by atoms with Crippen molar-refractivity contribution in [1.82, 2.24) is 4.90 Å². The smallest absolute Gasteiger partial charge is 0.241 e. The predicted molar refractivity (Wildman–Crippen MR) is 102 cm³/mol. The van der Waals surface area contributed by atoms with Gasteiger partial charge in [0.2, 0.25) is 11.8 Å². The van der Waals surface area contributed by atoms with Gasteiger partial charge in [0.1, 0.15) is 0 Å². The number of carbonyl (C=O) groups is 2. The van der Waals surface area contributed by atoms with E-state index >= 15 is 0 Å². The fourth-order valence-corrected chi connectivity index (χ4v) is 2.31. The van der Waals surface area contributed by atoms with Crippen LogP contribution in [-0.2, 0) is 9.59 Å². The van der Waals surface area contributed by atoms with E-state index in [1.807, 2.05) is 31.2 Å². The zero-order chi connectivity index (χ0) is 18.4. The van der Waals surface area contributed by atoms with Crippen molar-refractivity contribution in [2.24, 2.45) is 0 Å². The number of anilines is 2. The monoisotopic (exact) mass is 359 g/mol. The highest BCUT2D eigenvalue weighted by molar-refractivity contribution is 6.30. The molecule has 0 saturated carbocycles. The Kier molecular flexibility index (Phi) is 6.56. The minimum atomic E-state index is -0.459. The first kappa shape index (κ1) is 19.0. The Balaban J connectivity index is 1.86. The van der Waals surface area contributed by atoms with Gasteiger partial charge in [0.05, 0.1) is 12.6 Å². The van der Waals surface area contributed by atoms with E-state index in [9.17, 15) is 9.59 Å². The summed E-state index contributed by atoms with van der Waals surface area (Å²) in [5, 5.41) is 6.24. The molecule has 0 heterocycles. The molecule has 2 aromatic carbocycles. The molecule has 2 N–H and O–H groups in total. The van der Waals surface area contributed by atoms with Gasteiger partial charge in [-0.2, -0.15) is 0 Å². The van der Waals surface area contributed by atoms with Crippen molar-refractivity contribution in [3.05, 3.63) is 59.1 Å².